The molecule has 0 aromatic heterocycles. The first-order valence-corrected chi connectivity index (χ1v) is 4.08. The minimum atomic E-state index is -0.350. The molecule has 3 N–H and O–H groups in total. The van der Waals surface area contributed by atoms with Crippen LogP contribution in [-0.4, -0.2) is 18.4 Å². The van der Waals surface area contributed by atoms with E-state index in [1.165, 1.54) is 0 Å². The van der Waals surface area contributed by atoms with Gasteiger partial charge in [0.15, 0.2) is 0 Å². The number of rotatable bonds is 6. The third-order valence-electron chi connectivity index (χ3n) is 1.44. The number of hydrogen-bond acceptors (Lipinski definition) is 3. The second kappa shape index (κ2) is 7.10. The molecular weight excluding hydrogens is 170 g/mol. The van der Waals surface area contributed by atoms with Crippen molar-refractivity contribution in [1.82, 2.24) is 5.32 Å². The van der Waals surface area contributed by atoms with E-state index in [4.69, 9.17) is 11.0 Å². The Morgan fingerprint density at radius 2 is 1.92 bits per heavy atom. The highest BCUT2D eigenvalue weighted by molar-refractivity contribution is 5.76. The molecular formula is C8H13N3O2. The zero-order valence-corrected chi connectivity index (χ0v) is 7.38. The number of primary amides is 1. The molecule has 5 heteroatoms. The predicted molar refractivity (Wildman–Crippen MR) is 46.3 cm³/mol. The number of unbranched alkanes of at least 4 members (excludes halogenated alkanes) is 1. The summed E-state index contributed by atoms with van der Waals surface area (Å²) >= 11 is 0. The standard InChI is InChI=1S/C8H13N3O2/c9-5-6-11-8(13)4-2-1-3-7(10)12/h1-4,6H2,(H2,10,12)(H,11,13). The highest BCUT2D eigenvalue weighted by atomic mass is 16.1. The molecule has 0 heterocycles. The van der Waals surface area contributed by atoms with E-state index in [0.29, 0.717) is 25.7 Å². The molecule has 0 aliphatic heterocycles. The van der Waals surface area contributed by atoms with Crippen LogP contribution in [0.15, 0.2) is 0 Å². The Balaban J connectivity index is 3.28. The SMILES string of the molecule is N#CCNC(=O)CCCCC(N)=O. The van der Waals surface area contributed by atoms with Gasteiger partial charge in [-0.05, 0) is 12.8 Å². The van der Waals surface area contributed by atoms with Gasteiger partial charge >= 0.3 is 0 Å². The summed E-state index contributed by atoms with van der Waals surface area (Å²) in [5.74, 6) is -0.511. The van der Waals surface area contributed by atoms with Crippen molar-refractivity contribution in [1.29, 1.82) is 5.26 Å². The van der Waals surface area contributed by atoms with Crippen LogP contribution in [0.2, 0.25) is 0 Å². The van der Waals surface area contributed by atoms with E-state index >= 15 is 0 Å². The maximum Gasteiger partial charge on any atom is 0.220 e. The van der Waals surface area contributed by atoms with Crippen molar-refractivity contribution in [2.45, 2.75) is 25.7 Å². The lowest BCUT2D eigenvalue weighted by atomic mass is 10.2. The second-order valence-electron chi connectivity index (χ2n) is 2.61. The van der Waals surface area contributed by atoms with Crippen molar-refractivity contribution in [3.8, 4) is 6.07 Å². The lowest BCUT2D eigenvalue weighted by Crippen LogP contribution is -2.23. The number of nitriles is 1. The van der Waals surface area contributed by atoms with Crippen molar-refractivity contribution in [2.75, 3.05) is 6.54 Å². The Morgan fingerprint density at radius 1 is 1.31 bits per heavy atom. The third kappa shape index (κ3) is 8.34. The van der Waals surface area contributed by atoms with Crippen LogP contribution in [0.3, 0.4) is 0 Å². The predicted octanol–water partition coefficient (Wildman–Crippen LogP) is -0.328. The van der Waals surface area contributed by atoms with Gasteiger partial charge in [0.2, 0.25) is 11.8 Å². The van der Waals surface area contributed by atoms with Crippen LogP contribution < -0.4 is 11.1 Å². The molecule has 72 valence electrons. The molecule has 0 aliphatic rings. The molecule has 0 saturated heterocycles. The van der Waals surface area contributed by atoms with Crippen LogP contribution in [0.1, 0.15) is 25.7 Å². The first kappa shape index (κ1) is 11.4. The Hall–Kier alpha value is -1.57. The molecule has 0 bridgehead atoms. The Labute approximate surface area is 76.9 Å². The molecule has 5 nitrogen and oxygen atoms in total. The van der Waals surface area contributed by atoms with Gasteiger partial charge in [-0.3, -0.25) is 9.59 Å². The normalized spacial score (nSPS) is 8.85. The van der Waals surface area contributed by atoms with E-state index in [1.54, 1.807) is 6.07 Å². The van der Waals surface area contributed by atoms with E-state index < -0.39 is 0 Å². The van der Waals surface area contributed by atoms with Crippen LogP contribution in [0.4, 0.5) is 0 Å². The maximum absolute atomic E-state index is 10.9. The Bertz CT molecular complexity index is 220. The minimum Gasteiger partial charge on any atom is -0.370 e. The topological polar surface area (TPSA) is 96.0 Å². The van der Waals surface area contributed by atoms with E-state index in [1.807, 2.05) is 0 Å². The lowest BCUT2D eigenvalue weighted by molar-refractivity contribution is -0.121. The summed E-state index contributed by atoms with van der Waals surface area (Å²) in [7, 11) is 0. The summed E-state index contributed by atoms with van der Waals surface area (Å²) < 4.78 is 0. The van der Waals surface area contributed by atoms with Crippen LogP contribution in [0.5, 0.6) is 0 Å². The van der Waals surface area contributed by atoms with Gasteiger partial charge in [0.25, 0.3) is 0 Å². The highest BCUT2D eigenvalue weighted by Gasteiger charge is 2.00. The number of nitrogens with one attached hydrogen (secondary N) is 1. The smallest absolute Gasteiger partial charge is 0.220 e. The quantitative estimate of drug-likeness (QED) is 0.436. The lowest BCUT2D eigenvalue weighted by Gasteiger charge is -1.99. The van der Waals surface area contributed by atoms with Gasteiger partial charge in [-0.15, -0.1) is 0 Å². The van der Waals surface area contributed by atoms with E-state index in [2.05, 4.69) is 5.32 Å². The second-order valence-corrected chi connectivity index (χ2v) is 2.61. The summed E-state index contributed by atoms with van der Waals surface area (Å²) in [6, 6.07) is 1.80. The molecule has 2 amide bonds. The van der Waals surface area contributed by atoms with E-state index in [0.717, 1.165) is 0 Å². The zero-order chi connectivity index (χ0) is 10.1. The summed E-state index contributed by atoms with van der Waals surface area (Å²) in [5, 5.41) is 10.5. The Morgan fingerprint density at radius 3 is 2.46 bits per heavy atom. The largest absolute Gasteiger partial charge is 0.370 e. The number of hydrogen-bond donors (Lipinski definition) is 2. The molecule has 0 spiro atoms. The van der Waals surface area contributed by atoms with Gasteiger partial charge in [-0.2, -0.15) is 5.26 Å². The molecule has 13 heavy (non-hydrogen) atoms. The monoisotopic (exact) mass is 183 g/mol. The van der Waals surface area contributed by atoms with Crippen LogP contribution >= 0.6 is 0 Å². The first-order chi connectivity index (χ1) is 6.16. The number of carbonyl (C=O) groups is 2. The van der Waals surface area contributed by atoms with E-state index in [9.17, 15) is 9.59 Å². The van der Waals surface area contributed by atoms with Crippen molar-refractivity contribution in [2.24, 2.45) is 5.73 Å². The first-order valence-electron chi connectivity index (χ1n) is 4.08. The number of carbonyl (C=O) groups excluding carboxylic acids is 2. The number of nitrogens with two attached hydrogens (primary N) is 1. The molecule has 0 atom stereocenters. The minimum absolute atomic E-state index is 0.0364. The van der Waals surface area contributed by atoms with Crippen molar-refractivity contribution >= 4 is 11.8 Å². The third-order valence-corrected chi connectivity index (χ3v) is 1.44. The molecule has 0 fully saturated rings. The Kier molecular flexibility index (Phi) is 6.24. The zero-order valence-electron chi connectivity index (χ0n) is 7.38. The van der Waals surface area contributed by atoms with Gasteiger partial charge in [0, 0.05) is 12.8 Å². The molecule has 0 unspecified atom stereocenters. The van der Waals surface area contributed by atoms with Gasteiger partial charge < -0.3 is 11.1 Å². The van der Waals surface area contributed by atoms with Crippen molar-refractivity contribution in [3.05, 3.63) is 0 Å². The van der Waals surface area contributed by atoms with Gasteiger partial charge in [0.1, 0.15) is 6.54 Å². The van der Waals surface area contributed by atoms with Crippen molar-refractivity contribution in [3.63, 3.8) is 0 Å². The number of amides is 2. The van der Waals surface area contributed by atoms with Crippen LogP contribution in [0.25, 0.3) is 0 Å². The average Bonchev–Trinajstić information content (AvgIpc) is 2.08. The fourth-order valence-corrected chi connectivity index (χ4v) is 0.811. The van der Waals surface area contributed by atoms with Gasteiger partial charge in [0.05, 0.1) is 6.07 Å². The molecule has 0 rings (SSSR count). The summed E-state index contributed by atoms with van der Waals surface area (Å²) in [4.78, 5) is 21.2. The molecule has 0 aliphatic carbocycles. The summed E-state index contributed by atoms with van der Waals surface area (Å²) in [6.45, 7) is 0.0364. The molecule has 0 aromatic rings. The summed E-state index contributed by atoms with van der Waals surface area (Å²) in [5.41, 5.74) is 4.91. The van der Waals surface area contributed by atoms with E-state index in [-0.39, 0.29) is 18.4 Å². The highest BCUT2D eigenvalue weighted by Crippen LogP contribution is 1.98. The average molecular weight is 183 g/mol. The maximum atomic E-state index is 10.9. The van der Waals surface area contributed by atoms with Gasteiger partial charge in [-0.1, -0.05) is 0 Å². The molecule has 0 aromatic carbocycles. The van der Waals surface area contributed by atoms with Gasteiger partial charge in [-0.25, -0.2) is 0 Å². The van der Waals surface area contributed by atoms with Crippen molar-refractivity contribution < 1.29 is 9.59 Å². The molecule has 0 radical (unpaired) electrons. The fraction of sp³-hybridized carbons (Fsp3) is 0.625. The van der Waals surface area contributed by atoms with Crippen LogP contribution in [0, 0.1) is 11.3 Å². The fourth-order valence-electron chi connectivity index (χ4n) is 0.811. The summed E-state index contributed by atoms with van der Waals surface area (Å²) in [6.07, 6.45) is 1.90. The van der Waals surface area contributed by atoms with Crippen LogP contribution in [-0.2, 0) is 9.59 Å². The molecule has 0 saturated carbocycles. The number of nitrogens with zero attached hydrogens (tertiary/aromatic N) is 1.